The zero-order valence-electron chi connectivity index (χ0n) is 17.6. The van der Waals surface area contributed by atoms with Crippen LogP contribution in [0.2, 0.25) is 0 Å². The first-order valence-corrected chi connectivity index (χ1v) is 10.4. The number of carbonyl (C=O) groups excluding carboxylic acids is 2. The molecule has 0 aromatic heterocycles. The molecule has 1 saturated heterocycles. The molecule has 1 aliphatic rings. The molecule has 5 nitrogen and oxygen atoms in total. The van der Waals surface area contributed by atoms with Gasteiger partial charge >= 0.3 is 0 Å². The molecule has 0 spiro atoms. The first kappa shape index (κ1) is 21.1. The highest BCUT2D eigenvalue weighted by Gasteiger charge is 2.29. The Kier molecular flexibility index (Phi) is 7.04. The summed E-state index contributed by atoms with van der Waals surface area (Å²) >= 11 is 0. The standard InChI is InChI=1S/C24H31N3O2/c1-17-9-10-22(18(2)15-17)26-23(28)19(3)27-13-11-21(12-14-27)24(29)25-16-20-7-5-4-6-8-20/h4-10,15,19,21H,11-14,16H2,1-3H3,(H,25,29)(H,26,28)/t19-/m0/s1. The number of hydrogen-bond donors (Lipinski definition) is 2. The van der Waals surface area contributed by atoms with Crippen LogP contribution in [0.3, 0.4) is 0 Å². The van der Waals surface area contributed by atoms with E-state index in [1.165, 1.54) is 5.56 Å². The molecule has 0 saturated carbocycles. The van der Waals surface area contributed by atoms with E-state index < -0.39 is 0 Å². The monoisotopic (exact) mass is 393 g/mol. The van der Waals surface area contributed by atoms with E-state index >= 15 is 0 Å². The molecule has 2 amide bonds. The lowest BCUT2D eigenvalue weighted by molar-refractivity contribution is -0.127. The maximum Gasteiger partial charge on any atom is 0.241 e. The Morgan fingerprint density at radius 2 is 1.76 bits per heavy atom. The number of nitrogens with zero attached hydrogens (tertiary/aromatic N) is 1. The maximum atomic E-state index is 12.7. The second kappa shape index (κ2) is 9.70. The summed E-state index contributed by atoms with van der Waals surface area (Å²) in [7, 11) is 0. The van der Waals surface area contributed by atoms with Crippen molar-refractivity contribution in [1.82, 2.24) is 10.2 Å². The second-order valence-electron chi connectivity index (χ2n) is 8.00. The maximum absolute atomic E-state index is 12.7. The van der Waals surface area contributed by atoms with Gasteiger partial charge in [-0.05, 0) is 63.9 Å². The van der Waals surface area contributed by atoms with E-state index in [0.717, 1.165) is 42.7 Å². The molecule has 0 radical (unpaired) electrons. The van der Waals surface area contributed by atoms with E-state index in [9.17, 15) is 9.59 Å². The van der Waals surface area contributed by atoms with Gasteiger partial charge in [-0.15, -0.1) is 0 Å². The molecule has 2 aromatic carbocycles. The van der Waals surface area contributed by atoms with Gasteiger partial charge in [-0.1, -0.05) is 48.0 Å². The van der Waals surface area contributed by atoms with E-state index in [1.54, 1.807) is 0 Å². The van der Waals surface area contributed by atoms with E-state index in [-0.39, 0.29) is 23.8 Å². The smallest absolute Gasteiger partial charge is 0.241 e. The molecular formula is C24H31N3O2. The lowest BCUT2D eigenvalue weighted by Crippen LogP contribution is -2.48. The number of aryl methyl sites for hydroxylation is 2. The highest BCUT2D eigenvalue weighted by molar-refractivity contribution is 5.95. The van der Waals surface area contributed by atoms with Gasteiger partial charge in [-0.3, -0.25) is 14.5 Å². The van der Waals surface area contributed by atoms with Crippen LogP contribution in [-0.4, -0.2) is 35.8 Å². The molecule has 1 heterocycles. The summed E-state index contributed by atoms with van der Waals surface area (Å²) in [6.07, 6.45) is 1.56. The third-order valence-electron chi connectivity index (χ3n) is 5.78. The third-order valence-corrected chi connectivity index (χ3v) is 5.78. The van der Waals surface area contributed by atoms with Crippen molar-refractivity contribution >= 4 is 17.5 Å². The molecule has 1 fully saturated rings. The Morgan fingerprint density at radius 1 is 1.07 bits per heavy atom. The molecule has 5 heteroatoms. The number of likely N-dealkylation sites (tertiary alicyclic amines) is 1. The number of anilines is 1. The highest BCUT2D eigenvalue weighted by atomic mass is 16.2. The van der Waals surface area contributed by atoms with Gasteiger partial charge in [0.15, 0.2) is 0 Å². The number of nitrogens with one attached hydrogen (secondary N) is 2. The van der Waals surface area contributed by atoms with Crippen molar-refractivity contribution in [2.24, 2.45) is 5.92 Å². The first-order chi connectivity index (χ1) is 13.9. The molecule has 0 aliphatic carbocycles. The molecule has 0 bridgehead atoms. The Hall–Kier alpha value is -2.66. The van der Waals surface area contributed by atoms with E-state index in [1.807, 2.05) is 63.2 Å². The Bertz CT molecular complexity index is 842. The number of amides is 2. The predicted molar refractivity (Wildman–Crippen MR) is 117 cm³/mol. The summed E-state index contributed by atoms with van der Waals surface area (Å²) in [5.41, 5.74) is 4.22. The van der Waals surface area contributed by atoms with Gasteiger partial charge in [-0.2, -0.15) is 0 Å². The quantitative estimate of drug-likeness (QED) is 0.787. The summed E-state index contributed by atoms with van der Waals surface area (Å²) in [4.78, 5) is 27.3. The second-order valence-corrected chi connectivity index (χ2v) is 8.00. The summed E-state index contributed by atoms with van der Waals surface area (Å²) < 4.78 is 0. The zero-order valence-corrected chi connectivity index (χ0v) is 17.6. The minimum atomic E-state index is -0.218. The van der Waals surface area contributed by atoms with Gasteiger partial charge in [0.2, 0.25) is 11.8 Å². The first-order valence-electron chi connectivity index (χ1n) is 10.4. The lowest BCUT2D eigenvalue weighted by atomic mass is 9.94. The molecule has 0 unspecified atom stereocenters. The number of hydrogen-bond acceptors (Lipinski definition) is 3. The van der Waals surface area contributed by atoms with Gasteiger partial charge in [0, 0.05) is 18.2 Å². The fourth-order valence-corrected chi connectivity index (χ4v) is 3.84. The van der Waals surface area contributed by atoms with Crippen LogP contribution in [0.5, 0.6) is 0 Å². The van der Waals surface area contributed by atoms with Crippen LogP contribution in [0, 0.1) is 19.8 Å². The van der Waals surface area contributed by atoms with Crippen LogP contribution < -0.4 is 10.6 Å². The third kappa shape index (κ3) is 5.67. The minimum absolute atomic E-state index is 0.00364. The van der Waals surface area contributed by atoms with Crippen LogP contribution in [0.4, 0.5) is 5.69 Å². The molecule has 154 valence electrons. The molecule has 2 N–H and O–H groups in total. The Balaban J connectivity index is 1.46. The van der Waals surface area contributed by atoms with Crippen LogP contribution >= 0.6 is 0 Å². The zero-order chi connectivity index (χ0) is 20.8. The largest absolute Gasteiger partial charge is 0.352 e. The summed E-state index contributed by atoms with van der Waals surface area (Å²) in [5, 5.41) is 6.09. The van der Waals surface area contributed by atoms with Crippen LogP contribution in [-0.2, 0) is 16.1 Å². The molecule has 3 rings (SSSR count). The Labute approximate surface area is 173 Å². The van der Waals surface area contributed by atoms with Crippen LogP contribution in [0.1, 0.15) is 36.5 Å². The van der Waals surface area contributed by atoms with Crippen LogP contribution in [0.15, 0.2) is 48.5 Å². The summed E-state index contributed by atoms with van der Waals surface area (Å²) in [5.74, 6) is 0.134. The Morgan fingerprint density at radius 3 is 2.41 bits per heavy atom. The number of rotatable bonds is 6. The average molecular weight is 394 g/mol. The fraction of sp³-hybridized carbons (Fsp3) is 0.417. The van der Waals surface area contributed by atoms with Gasteiger partial charge in [0.25, 0.3) is 0 Å². The van der Waals surface area contributed by atoms with Crippen LogP contribution in [0.25, 0.3) is 0 Å². The highest BCUT2D eigenvalue weighted by Crippen LogP contribution is 2.21. The van der Waals surface area contributed by atoms with Gasteiger partial charge in [0.05, 0.1) is 6.04 Å². The fourth-order valence-electron chi connectivity index (χ4n) is 3.84. The summed E-state index contributed by atoms with van der Waals surface area (Å²) in [6, 6.07) is 15.8. The summed E-state index contributed by atoms with van der Waals surface area (Å²) in [6.45, 7) is 8.06. The van der Waals surface area contributed by atoms with E-state index in [4.69, 9.17) is 0 Å². The minimum Gasteiger partial charge on any atom is -0.352 e. The van der Waals surface area contributed by atoms with Crippen molar-refractivity contribution < 1.29 is 9.59 Å². The van der Waals surface area contributed by atoms with Crippen molar-refractivity contribution in [2.75, 3.05) is 18.4 Å². The van der Waals surface area contributed by atoms with Crippen molar-refractivity contribution in [3.63, 3.8) is 0 Å². The molecular weight excluding hydrogens is 362 g/mol. The number of piperidine rings is 1. The topological polar surface area (TPSA) is 61.4 Å². The molecule has 1 aliphatic heterocycles. The molecule has 2 aromatic rings. The van der Waals surface area contributed by atoms with Crippen molar-refractivity contribution in [2.45, 2.75) is 46.2 Å². The number of benzene rings is 2. The average Bonchev–Trinajstić information content (AvgIpc) is 2.74. The van der Waals surface area contributed by atoms with E-state index in [0.29, 0.717) is 6.54 Å². The van der Waals surface area contributed by atoms with Gasteiger partial charge in [0.1, 0.15) is 0 Å². The number of carbonyl (C=O) groups is 2. The van der Waals surface area contributed by atoms with Gasteiger partial charge < -0.3 is 10.6 Å². The SMILES string of the molecule is Cc1ccc(NC(=O)[C@H](C)N2CCC(C(=O)NCc3ccccc3)CC2)c(C)c1. The van der Waals surface area contributed by atoms with E-state index in [2.05, 4.69) is 21.6 Å². The molecule has 1 atom stereocenters. The van der Waals surface area contributed by atoms with Gasteiger partial charge in [-0.25, -0.2) is 0 Å². The van der Waals surface area contributed by atoms with Crippen molar-refractivity contribution in [3.8, 4) is 0 Å². The normalized spacial score (nSPS) is 16.2. The van der Waals surface area contributed by atoms with Crippen molar-refractivity contribution in [3.05, 3.63) is 65.2 Å². The molecule has 29 heavy (non-hydrogen) atoms. The lowest BCUT2D eigenvalue weighted by Gasteiger charge is -2.34. The predicted octanol–water partition coefficient (Wildman–Crippen LogP) is 3.66. The van der Waals surface area contributed by atoms with Crippen molar-refractivity contribution in [1.29, 1.82) is 0 Å².